The van der Waals surface area contributed by atoms with Crippen LogP contribution in [-0.2, 0) is 4.79 Å². The molecule has 1 atom stereocenters. The zero-order valence-corrected chi connectivity index (χ0v) is 13.2. The Balaban J connectivity index is 0.000000219. The van der Waals surface area contributed by atoms with Crippen molar-refractivity contribution in [1.82, 2.24) is 4.98 Å². The normalized spacial score (nSPS) is 16.9. The number of carboxylic acid groups (broad SMARTS) is 2. The van der Waals surface area contributed by atoms with Crippen molar-refractivity contribution >= 4 is 33.5 Å². The second kappa shape index (κ2) is 10.5. The van der Waals surface area contributed by atoms with Crippen LogP contribution < -0.4 is 0 Å². The molecule has 2 rings (SSSR count). The van der Waals surface area contributed by atoms with Gasteiger partial charge in [-0.05, 0) is 31.4 Å². The van der Waals surface area contributed by atoms with E-state index in [0.717, 1.165) is 18.1 Å². The van der Waals surface area contributed by atoms with E-state index in [9.17, 15) is 9.59 Å². The molecule has 1 aromatic rings. The molecule has 1 unspecified atom stereocenters. The van der Waals surface area contributed by atoms with Crippen LogP contribution in [0, 0.1) is 0 Å². The average molecular weight is 329 g/mol. The number of hydrogen-bond donors (Lipinski definition) is 2. The molecule has 1 fully saturated rings. The number of rotatable bonds is 6. The van der Waals surface area contributed by atoms with E-state index in [1.54, 1.807) is 6.07 Å². The van der Waals surface area contributed by atoms with Crippen LogP contribution in [0.1, 0.15) is 42.5 Å². The third-order valence-corrected chi connectivity index (χ3v) is 5.81. The van der Waals surface area contributed by atoms with Crippen LogP contribution in [0.5, 0.6) is 0 Å². The number of aromatic nitrogens is 1. The summed E-state index contributed by atoms with van der Waals surface area (Å²) < 4.78 is 0. The minimum atomic E-state index is -0.942. The molecule has 21 heavy (non-hydrogen) atoms. The van der Waals surface area contributed by atoms with E-state index in [2.05, 4.69) is 4.98 Å². The Hall–Kier alpha value is -1.21. The van der Waals surface area contributed by atoms with Gasteiger partial charge in [-0.15, -0.1) is 0 Å². The van der Waals surface area contributed by atoms with Gasteiger partial charge in [0.2, 0.25) is 0 Å². The van der Waals surface area contributed by atoms with Gasteiger partial charge in [0.25, 0.3) is 0 Å². The highest BCUT2D eigenvalue weighted by atomic mass is 33.1. The Kier molecular flexibility index (Phi) is 8.93. The smallest absolute Gasteiger partial charge is 0.337 e. The third-order valence-electron chi connectivity index (χ3n) is 2.80. The molecule has 2 heterocycles. The van der Waals surface area contributed by atoms with Crippen molar-refractivity contribution < 1.29 is 19.8 Å². The van der Waals surface area contributed by atoms with Gasteiger partial charge in [-0.3, -0.25) is 9.78 Å². The summed E-state index contributed by atoms with van der Waals surface area (Å²) >= 11 is 0. The van der Waals surface area contributed by atoms with Crippen molar-refractivity contribution in [2.75, 3.05) is 5.75 Å². The number of pyridine rings is 1. The lowest BCUT2D eigenvalue weighted by Crippen LogP contribution is -1.99. The lowest BCUT2D eigenvalue weighted by molar-refractivity contribution is -0.137. The highest BCUT2D eigenvalue weighted by Crippen LogP contribution is 2.39. The zero-order valence-electron chi connectivity index (χ0n) is 11.6. The maximum atomic E-state index is 10.2. The van der Waals surface area contributed by atoms with Crippen LogP contribution in [0.25, 0.3) is 0 Å². The van der Waals surface area contributed by atoms with Crippen LogP contribution in [0.3, 0.4) is 0 Å². The minimum absolute atomic E-state index is 0.220. The first-order valence-electron chi connectivity index (χ1n) is 6.73. The first-order valence-corrected chi connectivity index (χ1v) is 9.11. The molecule has 5 nitrogen and oxygen atoms in total. The van der Waals surface area contributed by atoms with E-state index in [4.69, 9.17) is 10.2 Å². The van der Waals surface area contributed by atoms with Gasteiger partial charge in [0.05, 0.1) is 5.56 Å². The molecule has 0 radical (unpaired) electrons. The second-order valence-corrected chi connectivity index (χ2v) is 7.30. The molecule has 0 bridgehead atoms. The summed E-state index contributed by atoms with van der Waals surface area (Å²) in [7, 11) is 3.92. The van der Waals surface area contributed by atoms with Crippen molar-refractivity contribution in [3.8, 4) is 0 Å². The van der Waals surface area contributed by atoms with Crippen LogP contribution in [0.15, 0.2) is 24.5 Å². The molecule has 2 N–H and O–H groups in total. The SMILES string of the molecule is O=C(O)CCCCC1CCSS1.O=C(O)c1cccnc1. The van der Waals surface area contributed by atoms with Crippen molar-refractivity contribution in [2.24, 2.45) is 0 Å². The number of aromatic carboxylic acids is 1. The van der Waals surface area contributed by atoms with Crippen molar-refractivity contribution in [1.29, 1.82) is 0 Å². The first-order chi connectivity index (χ1) is 10.1. The summed E-state index contributed by atoms with van der Waals surface area (Å²) in [6.07, 6.45) is 7.61. The van der Waals surface area contributed by atoms with Crippen molar-refractivity contribution in [3.63, 3.8) is 0 Å². The highest BCUT2D eigenvalue weighted by molar-refractivity contribution is 8.77. The number of carbonyl (C=O) groups is 2. The molecule has 7 heteroatoms. The van der Waals surface area contributed by atoms with Gasteiger partial charge >= 0.3 is 11.9 Å². The van der Waals surface area contributed by atoms with Gasteiger partial charge in [0.1, 0.15) is 0 Å². The Morgan fingerprint density at radius 2 is 2.14 bits per heavy atom. The second-order valence-electron chi connectivity index (χ2n) is 4.52. The standard InChI is InChI=1S/C8H14O2S2.C6H5NO2/c9-8(10)4-2-1-3-7-5-6-11-12-7;8-6(9)5-2-1-3-7-4-5/h7H,1-6H2,(H,9,10);1-4H,(H,8,9). The van der Waals surface area contributed by atoms with Gasteiger partial charge in [-0.2, -0.15) is 0 Å². The summed E-state index contributed by atoms with van der Waals surface area (Å²) in [5, 5.41) is 17.5. The Morgan fingerprint density at radius 3 is 2.62 bits per heavy atom. The van der Waals surface area contributed by atoms with Gasteiger partial charge in [0, 0.05) is 29.8 Å². The van der Waals surface area contributed by atoms with Gasteiger partial charge in [-0.1, -0.05) is 28.0 Å². The summed E-state index contributed by atoms with van der Waals surface area (Å²) in [5.41, 5.74) is 0.220. The molecule has 0 aromatic carbocycles. The molecule has 1 aliphatic rings. The zero-order chi connectivity index (χ0) is 15.5. The predicted molar refractivity (Wildman–Crippen MR) is 85.8 cm³/mol. The number of hydrogen-bond acceptors (Lipinski definition) is 5. The van der Waals surface area contributed by atoms with Crippen LogP contribution in [0.4, 0.5) is 0 Å². The van der Waals surface area contributed by atoms with Crippen LogP contribution >= 0.6 is 21.6 Å². The fourth-order valence-corrected chi connectivity index (χ4v) is 4.73. The number of nitrogens with zero attached hydrogens (tertiary/aromatic N) is 1. The molecular weight excluding hydrogens is 310 g/mol. The summed E-state index contributed by atoms with van der Waals surface area (Å²) in [6, 6.07) is 3.08. The molecule has 1 saturated heterocycles. The Morgan fingerprint density at radius 1 is 1.33 bits per heavy atom. The molecule has 116 valence electrons. The minimum Gasteiger partial charge on any atom is -0.481 e. The summed E-state index contributed by atoms with van der Waals surface area (Å²) in [6.45, 7) is 0. The largest absolute Gasteiger partial charge is 0.481 e. The number of aliphatic carboxylic acids is 1. The van der Waals surface area contributed by atoms with Crippen LogP contribution in [0.2, 0.25) is 0 Å². The average Bonchev–Trinajstić information content (AvgIpc) is 2.98. The Bertz CT molecular complexity index is 436. The van der Waals surface area contributed by atoms with E-state index < -0.39 is 11.9 Å². The lowest BCUT2D eigenvalue weighted by atomic mass is 10.1. The lowest BCUT2D eigenvalue weighted by Gasteiger charge is -2.04. The third kappa shape index (κ3) is 8.62. The van der Waals surface area contributed by atoms with E-state index in [1.165, 1.54) is 37.1 Å². The topological polar surface area (TPSA) is 87.5 Å². The molecular formula is C14H19NO4S2. The predicted octanol–water partition coefficient (Wildman–Crippen LogP) is 3.56. The maximum absolute atomic E-state index is 10.2. The van der Waals surface area contributed by atoms with E-state index in [-0.39, 0.29) is 5.56 Å². The molecule has 1 aliphatic heterocycles. The first kappa shape index (κ1) is 17.8. The molecule has 0 saturated carbocycles. The molecule has 0 spiro atoms. The van der Waals surface area contributed by atoms with Crippen LogP contribution in [-0.4, -0.2) is 38.1 Å². The van der Waals surface area contributed by atoms with E-state index >= 15 is 0 Å². The fourth-order valence-electron chi connectivity index (χ4n) is 1.70. The van der Waals surface area contributed by atoms with E-state index in [0.29, 0.717) is 6.42 Å². The molecule has 0 aliphatic carbocycles. The summed E-state index contributed by atoms with van der Waals surface area (Å²) in [4.78, 5) is 24.0. The summed E-state index contributed by atoms with van der Waals surface area (Å²) in [5.74, 6) is -0.333. The van der Waals surface area contributed by atoms with E-state index in [1.807, 2.05) is 21.6 Å². The number of carboxylic acids is 2. The van der Waals surface area contributed by atoms with Gasteiger partial charge < -0.3 is 10.2 Å². The monoisotopic (exact) mass is 329 g/mol. The highest BCUT2D eigenvalue weighted by Gasteiger charge is 2.15. The molecule has 1 aromatic heterocycles. The molecule has 0 amide bonds. The maximum Gasteiger partial charge on any atom is 0.337 e. The fraction of sp³-hybridized carbons (Fsp3) is 0.500. The van der Waals surface area contributed by atoms with Crippen molar-refractivity contribution in [3.05, 3.63) is 30.1 Å². The van der Waals surface area contributed by atoms with Crippen molar-refractivity contribution in [2.45, 2.75) is 37.4 Å². The quantitative estimate of drug-likeness (QED) is 0.609. The Labute approximate surface area is 131 Å². The number of unbranched alkanes of at least 4 members (excludes halogenated alkanes) is 1. The van der Waals surface area contributed by atoms with Gasteiger partial charge in [0.15, 0.2) is 0 Å². The van der Waals surface area contributed by atoms with Gasteiger partial charge in [-0.25, -0.2) is 4.79 Å².